The summed E-state index contributed by atoms with van der Waals surface area (Å²) < 4.78 is 28.3. The fourth-order valence-corrected chi connectivity index (χ4v) is 3.03. The van der Waals surface area contributed by atoms with Crippen molar-refractivity contribution in [1.82, 2.24) is 5.16 Å². The Morgan fingerprint density at radius 2 is 2.00 bits per heavy atom. The Morgan fingerprint density at radius 3 is 2.57 bits per heavy atom. The molecule has 0 radical (unpaired) electrons. The zero-order valence-corrected chi connectivity index (χ0v) is 12.6. The van der Waals surface area contributed by atoms with Crippen LogP contribution in [0.15, 0.2) is 33.8 Å². The Hall–Kier alpha value is -1.95. The van der Waals surface area contributed by atoms with Crippen LogP contribution in [0.2, 0.25) is 0 Å². The van der Waals surface area contributed by atoms with Crippen molar-refractivity contribution in [2.75, 3.05) is 6.26 Å². The van der Waals surface area contributed by atoms with Gasteiger partial charge < -0.3 is 4.52 Å². The van der Waals surface area contributed by atoms with Crippen LogP contribution in [0.5, 0.6) is 0 Å². The summed E-state index contributed by atoms with van der Waals surface area (Å²) in [6.45, 7) is 1.73. The lowest BCUT2D eigenvalue weighted by molar-refractivity contribution is 0.103. The van der Waals surface area contributed by atoms with E-state index in [0.29, 0.717) is 28.4 Å². The molecule has 1 fully saturated rings. The minimum Gasteiger partial charge on any atom is -0.360 e. The Morgan fingerprint density at radius 1 is 1.29 bits per heavy atom. The number of nitrogens with zero attached hydrogens (tertiary/aromatic N) is 1. The lowest BCUT2D eigenvalue weighted by Crippen LogP contribution is -2.06. The van der Waals surface area contributed by atoms with E-state index < -0.39 is 9.84 Å². The number of carbonyl (C=O) groups is 1. The summed E-state index contributed by atoms with van der Waals surface area (Å²) in [4.78, 5) is 12.8. The van der Waals surface area contributed by atoms with Gasteiger partial charge in [-0.15, -0.1) is 0 Å². The van der Waals surface area contributed by atoms with Crippen LogP contribution in [0.4, 0.5) is 0 Å². The third-order valence-electron chi connectivity index (χ3n) is 3.66. The molecule has 0 spiro atoms. The Bertz CT molecular complexity index is 816. The van der Waals surface area contributed by atoms with Crippen molar-refractivity contribution in [3.8, 4) is 0 Å². The normalized spacial score (nSPS) is 15.1. The van der Waals surface area contributed by atoms with Crippen molar-refractivity contribution in [1.29, 1.82) is 0 Å². The van der Waals surface area contributed by atoms with E-state index in [1.54, 1.807) is 13.0 Å². The zero-order chi connectivity index (χ0) is 15.2. The molecule has 0 bridgehead atoms. The second-order valence-corrected chi connectivity index (χ2v) is 7.47. The molecule has 1 aliphatic rings. The molecular formula is C15H15NO4S. The molecule has 1 aliphatic carbocycles. The number of rotatable bonds is 4. The van der Waals surface area contributed by atoms with E-state index in [0.717, 1.165) is 19.1 Å². The predicted octanol–water partition coefficient (Wildman–Crippen LogP) is 2.49. The summed E-state index contributed by atoms with van der Waals surface area (Å²) in [5.41, 5.74) is 1.59. The molecule has 1 aromatic heterocycles. The van der Waals surface area contributed by atoms with Crippen LogP contribution >= 0.6 is 0 Å². The largest absolute Gasteiger partial charge is 0.360 e. The van der Waals surface area contributed by atoms with Crippen molar-refractivity contribution in [2.24, 2.45) is 0 Å². The summed E-state index contributed by atoms with van der Waals surface area (Å²) >= 11 is 0. The first-order valence-electron chi connectivity index (χ1n) is 6.68. The van der Waals surface area contributed by atoms with Gasteiger partial charge in [0, 0.05) is 17.7 Å². The first-order chi connectivity index (χ1) is 9.88. The Labute approximate surface area is 122 Å². The maximum absolute atomic E-state index is 12.6. The molecule has 0 unspecified atom stereocenters. The van der Waals surface area contributed by atoms with E-state index >= 15 is 0 Å². The number of hydrogen-bond donors (Lipinski definition) is 0. The van der Waals surface area contributed by atoms with Gasteiger partial charge in [0.1, 0.15) is 0 Å². The van der Waals surface area contributed by atoms with Crippen LogP contribution in [0, 0.1) is 6.92 Å². The minimum atomic E-state index is -3.28. The molecule has 2 aromatic rings. The van der Waals surface area contributed by atoms with Crippen LogP contribution < -0.4 is 0 Å². The topological polar surface area (TPSA) is 77.2 Å². The molecule has 110 valence electrons. The number of ketones is 1. The van der Waals surface area contributed by atoms with Gasteiger partial charge in [0.25, 0.3) is 0 Å². The number of benzene rings is 1. The SMILES string of the molecule is Cc1cc(S(C)(=O)=O)ccc1C(=O)c1cnoc1C1CC1. The highest BCUT2D eigenvalue weighted by Gasteiger charge is 2.33. The third kappa shape index (κ3) is 2.63. The average molecular weight is 305 g/mol. The van der Waals surface area contributed by atoms with Gasteiger partial charge in [0.05, 0.1) is 16.7 Å². The second kappa shape index (κ2) is 4.80. The highest BCUT2D eigenvalue weighted by Crippen LogP contribution is 2.42. The van der Waals surface area contributed by atoms with Gasteiger partial charge in [-0.3, -0.25) is 4.79 Å². The molecule has 6 heteroatoms. The zero-order valence-electron chi connectivity index (χ0n) is 11.8. The van der Waals surface area contributed by atoms with E-state index in [-0.39, 0.29) is 10.7 Å². The average Bonchev–Trinajstić information content (AvgIpc) is 3.14. The molecule has 1 heterocycles. The van der Waals surface area contributed by atoms with E-state index in [9.17, 15) is 13.2 Å². The smallest absolute Gasteiger partial charge is 0.198 e. The van der Waals surface area contributed by atoms with Gasteiger partial charge in [0.15, 0.2) is 21.4 Å². The first kappa shape index (κ1) is 14.0. The molecule has 0 aliphatic heterocycles. The van der Waals surface area contributed by atoms with Crippen molar-refractivity contribution >= 4 is 15.6 Å². The van der Waals surface area contributed by atoms with Crippen molar-refractivity contribution in [2.45, 2.75) is 30.6 Å². The maximum Gasteiger partial charge on any atom is 0.198 e. The second-order valence-electron chi connectivity index (χ2n) is 5.46. The first-order valence-corrected chi connectivity index (χ1v) is 8.57. The van der Waals surface area contributed by atoms with E-state index in [2.05, 4.69) is 5.16 Å². The Kier molecular flexibility index (Phi) is 3.20. The minimum absolute atomic E-state index is 0.171. The van der Waals surface area contributed by atoms with Crippen LogP contribution in [0.25, 0.3) is 0 Å². The van der Waals surface area contributed by atoms with Crippen LogP contribution in [-0.2, 0) is 9.84 Å². The van der Waals surface area contributed by atoms with Crippen molar-refractivity contribution < 1.29 is 17.7 Å². The molecule has 0 atom stereocenters. The van der Waals surface area contributed by atoms with E-state index in [4.69, 9.17) is 4.52 Å². The van der Waals surface area contributed by atoms with Gasteiger partial charge in [0.2, 0.25) is 0 Å². The molecule has 1 saturated carbocycles. The molecule has 21 heavy (non-hydrogen) atoms. The summed E-state index contributed by atoms with van der Waals surface area (Å²) in [6.07, 6.45) is 4.62. The Balaban J connectivity index is 2.00. The third-order valence-corrected chi connectivity index (χ3v) is 4.77. The van der Waals surface area contributed by atoms with Crippen LogP contribution in [-0.4, -0.2) is 25.6 Å². The van der Waals surface area contributed by atoms with Crippen LogP contribution in [0.3, 0.4) is 0 Å². The number of aryl methyl sites for hydroxylation is 1. The fraction of sp³-hybridized carbons (Fsp3) is 0.333. The quantitative estimate of drug-likeness (QED) is 0.811. The maximum atomic E-state index is 12.6. The summed E-state index contributed by atoms with van der Waals surface area (Å²) in [7, 11) is -3.28. The monoisotopic (exact) mass is 305 g/mol. The standard InChI is InChI=1S/C15H15NO4S/c1-9-7-11(21(2,18)19)5-6-12(9)14(17)13-8-16-20-15(13)10-3-4-10/h5-8,10H,3-4H2,1-2H3. The summed E-state index contributed by atoms with van der Waals surface area (Å²) in [5, 5.41) is 3.72. The molecule has 3 rings (SSSR count). The molecular weight excluding hydrogens is 290 g/mol. The molecule has 1 aromatic carbocycles. The van der Waals surface area contributed by atoms with Gasteiger partial charge in [-0.05, 0) is 43.5 Å². The van der Waals surface area contributed by atoms with Gasteiger partial charge in [-0.2, -0.15) is 0 Å². The summed E-state index contributed by atoms with van der Waals surface area (Å²) in [6, 6.07) is 4.53. The van der Waals surface area contributed by atoms with Crippen molar-refractivity contribution in [3.63, 3.8) is 0 Å². The highest BCUT2D eigenvalue weighted by molar-refractivity contribution is 7.90. The highest BCUT2D eigenvalue weighted by atomic mass is 32.2. The number of carbonyl (C=O) groups excluding carboxylic acids is 1. The summed E-state index contributed by atoms with van der Waals surface area (Å²) in [5.74, 6) is 0.768. The van der Waals surface area contributed by atoms with Gasteiger partial charge in [-0.25, -0.2) is 8.42 Å². The van der Waals surface area contributed by atoms with Gasteiger partial charge >= 0.3 is 0 Å². The molecule has 0 N–H and O–H groups in total. The van der Waals surface area contributed by atoms with E-state index in [1.807, 2.05) is 0 Å². The molecule has 0 saturated heterocycles. The number of aromatic nitrogens is 1. The van der Waals surface area contributed by atoms with Crippen LogP contribution in [0.1, 0.15) is 46.0 Å². The molecule has 0 amide bonds. The lowest BCUT2D eigenvalue weighted by atomic mass is 9.99. The lowest BCUT2D eigenvalue weighted by Gasteiger charge is -2.06. The van der Waals surface area contributed by atoms with E-state index in [1.165, 1.54) is 18.3 Å². The van der Waals surface area contributed by atoms with Crippen molar-refractivity contribution in [3.05, 3.63) is 46.8 Å². The number of sulfone groups is 1. The number of hydrogen-bond acceptors (Lipinski definition) is 5. The predicted molar refractivity (Wildman–Crippen MR) is 76.2 cm³/mol. The van der Waals surface area contributed by atoms with Gasteiger partial charge in [-0.1, -0.05) is 5.16 Å². The fourth-order valence-electron chi connectivity index (χ4n) is 2.33. The molecule has 5 nitrogen and oxygen atoms in total.